The van der Waals surface area contributed by atoms with E-state index in [0.29, 0.717) is 29.2 Å². The quantitative estimate of drug-likeness (QED) is 0.696. The molecule has 2 aromatic carbocycles. The minimum atomic E-state index is -1.28. The molecule has 120 valence electrons. The van der Waals surface area contributed by atoms with Gasteiger partial charge in [0.15, 0.2) is 28.6 Å². The van der Waals surface area contributed by atoms with E-state index < -0.39 is 5.54 Å². The third kappa shape index (κ3) is 1.43. The number of fused-ring (bicyclic) bond motifs is 4. The summed E-state index contributed by atoms with van der Waals surface area (Å²) >= 11 is 0. The van der Waals surface area contributed by atoms with E-state index in [1.165, 1.54) is 0 Å². The Hall–Kier alpha value is -2.66. The SMILES string of the molecule is CN1CCc2cc3c(cc2C12C(=O)c1ccccc1C2=O)OCO3. The summed E-state index contributed by atoms with van der Waals surface area (Å²) in [7, 11) is 1.84. The van der Waals surface area contributed by atoms with Crippen LogP contribution in [0.1, 0.15) is 31.8 Å². The van der Waals surface area contributed by atoms with Crippen LogP contribution in [0.2, 0.25) is 0 Å². The third-order valence-corrected chi connectivity index (χ3v) is 5.35. The molecular weight excluding hydrogens is 306 g/mol. The first kappa shape index (κ1) is 13.7. The van der Waals surface area contributed by atoms with Crippen LogP contribution in [0.3, 0.4) is 0 Å². The maximum absolute atomic E-state index is 13.3. The van der Waals surface area contributed by atoms with Crippen LogP contribution in [0.4, 0.5) is 0 Å². The number of ketones is 2. The van der Waals surface area contributed by atoms with Crippen molar-refractivity contribution in [3.63, 3.8) is 0 Å². The van der Waals surface area contributed by atoms with Crippen LogP contribution in [0.5, 0.6) is 11.5 Å². The fourth-order valence-corrected chi connectivity index (χ4v) is 4.15. The van der Waals surface area contributed by atoms with Crippen molar-refractivity contribution in [3.8, 4) is 11.5 Å². The number of carbonyl (C=O) groups is 2. The van der Waals surface area contributed by atoms with Gasteiger partial charge in [0, 0.05) is 17.7 Å². The van der Waals surface area contributed by atoms with E-state index >= 15 is 0 Å². The lowest BCUT2D eigenvalue weighted by Crippen LogP contribution is -2.55. The highest BCUT2D eigenvalue weighted by Gasteiger charge is 2.59. The number of benzene rings is 2. The molecule has 0 radical (unpaired) electrons. The number of rotatable bonds is 0. The Morgan fingerprint density at radius 3 is 2.29 bits per heavy atom. The first-order valence-electron chi connectivity index (χ1n) is 7.97. The largest absolute Gasteiger partial charge is 0.454 e. The number of Topliss-reactive ketones (excluding diaryl/α,β-unsaturated/α-hetero) is 2. The average Bonchev–Trinajstić information content (AvgIpc) is 3.14. The summed E-state index contributed by atoms with van der Waals surface area (Å²) < 4.78 is 10.9. The predicted molar refractivity (Wildman–Crippen MR) is 85.7 cm³/mol. The Bertz CT molecular complexity index is 883. The Morgan fingerprint density at radius 1 is 1.00 bits per heavy atom. The molecule has 5 heteroatoms. The lowest BCUT2D eigenvalue weighted by molar-refractivity contribution is 0.0519. The van der Waals surface area contributed by atoms with Crippen LogP contribution < -0.4 is 9.47 Å². The molecule has 5 nitrogen and oxygen atoms in total. The van der Waals surface area contributed by atoms with E-state index in [0.717, 1.165) is 17.5 Å². The summed E-state index contributed by atoms with van der Waals surface area (Å²) in [5.74, 6) is 0.986. The highest BCUT2D eigenvalue weighted by molar-refractivity contribution is 6.33. The standard InChI is InChI=1S/C19H15NO4/c1-20-7-6-11-8-15-16(24-10-23-15)9-14(11)19(20)17(21)12-4-2-3-5-13(12)18(19)22/h2-5,8-9H,6-7,10H2,1H3. The predicted octanol–water partition coefficient (Wildman–Crippen LogP) is 2.18. The molecule has 0 aromatic heterocycles. The Morgan fingerprint density at radius 2 is 1.62 bits per heavy atom. The van der Waals surface area contributed by atoms with Crippen molar-refractivity contribution in [2.75, 3.05) is 20.4 Å². The summed E-state index contributed by atoms with van der Waals surface area (Å²) in [6, 6.07) is 10.8. The molecule has 0 fully saturated rings. The van der Waals surface area contributed by atoms with Gasteiger partial charge in [-0.25, -0.2) is 0 Å². The molecular formula is C19H15NO4. The minimum Gasteiger partial charge on any atom is -0.454 e. The van der Waals surface area contributed by atoms with Gasteiger partial charge in [-0.3, -0.25) is 14.5 Å². The monoisotopic (exact) mass is 321 g/mol. The Labute approximate surface area is 138 Å². The second kappa shape index (κ2) is 4.45. The first-order chi connectivity index (χ1) is 11.6. The number of likely N-dealkylation sites (N-methyl/N-ethyl adjacent to an activating group) is 1. The van der Waals surface area contributed by atoms with Gasteiger partial charge < -0.3 is 9.47 Å². The average molecular weight is 321 g/mol. The highest BCUT2D eigenvalue weighted by atomic mass is 16.7. The van der Waals surface area contributed by atoms with Crippen molar-refractivity contribution in [2.45, 2.75) is 12.0 Å². The van der Waals surface area contributed by atoms with Crippen LogP contribution in [-0.4, -0.2) is 36.9 Å². The second-order valence-corrected chi connectivity index (χ2v) is 6.45. The third-order valence-electron chi connectivity index (χ3n) is 5.35. The lowest BCUT2D eigenvalue weighted by atomic mass is 9.77. The van der Waals surface area contributed by atoms with Crippen molar-refractivity contribution in [1.29, 1.82) is 0 Å². The van der Waals surface area contributed by atoms with Gasteiger partial charge in [0.1, 0.15) is 0 Å². The minimum absolute atomic E-state index is 0.148. The van der Waals surface area contributed by atoms with Crippen LogP contribution >= 0.6 is 0 Å². The molecule has 3 aliphatic rings. The van der Waals surface area contributed by atoms with E-state index in [9.17, 15) is 9.59 Å². The van der Waals surface area contributed by atoms with Crippen LogP contribution in [-0.2, 0) is 12.0 Å². The zero-order valence-electron chi connectivity index (χ0n) is 13.2. The van der Waals surface area contributed by atoms with E-state index in [2.05, 4.69) is 0 Å². The van der Waals surface area contributed by atoms with Crippen molar-refractivity contribution in [3.05, 3.63) is 58.7 Å². The molecule has 5 rings (SSSR count). The molecule has 2 aromatic rings. The molecule has 0 saturated carbocycles. The van der Waals surface area contributed by atoms with Crippen molar-refractivity contribution < 1.29 is 19.1 Å². The number of nitrogens with zero attached hydrogens (tertiary/aromatic N) is 1. The molecule has 1 aliphatic carbocycles. The molecule has 2 heterocycles. The van der Waals surface area contributed by atoms with Crippen molar-refractivity contribution in [2.24, 2.45) is 0 Å². The van der Waals surface area contributed by atoms with E-state index in [1.54, 1.807) is 24.3 Å². The van der Waals surface area contributed by atoms with Gasteiger partial charge in [0.25, 0.3) is 0 Å². The zero-order valence-corrected chi connectivity index (χ0v) is 13.2. The molecule has 0 amide bonds. The van der Waals surface area contributed by atoms with Gasteiger partial charge in [0.2, 0.25) is 6.79 Å². The summed E-state index contributed by atoms with van der Waals surface area (Å²) in [6.07, 6.45) is 0.765. The van der Waals surface area contributed by atoms with Crippen molar-refractivity contribution in [1.82, 2.24) is 4.90 Å². The summed E-state index contributed by atoms with van der Waals surface area (Å²) in [6.45, 7) is 0.807. The van der Waals surface area contributed by atoms with E-state index in [4.69, 9.17) is 9.47 Å². The first-order valence-corrected chi connectivity index (χ1v) is 7.97. The van der Waals surface area contributed by atoms with Gasteiger partial charge in [-0.1, -0.05) is 24.3 Å². The van der Waals surface area contributed by atoms with Crippen LogP contribution in [0.25, 0.3) is 0 Å². The maximum Gasteiger partial charge on any atom is 0.231 e. The molecule has 0 bridgehead atoms. The Balaban J connectivity index is 1.81. The smallest absolute Gasteiger partial charge is 0.231 e. The molecule has 0 saturated heterocycles. The Kier molecular flexibility index (Phi) is 2.55. The summed E-state index contributed by atoms with van der Waals surface area (Å²) in [4.78, 5) is 28.5. The van der Waals surface area contributed by atoms with E-state index in [1.807, 2.05) is 24.1 Å². The molecule has 0 atom stereocenters. The van der Waals surface area contributed by atoms with Gasteiger partial charge in [-0.05, 0) is 36.7 Å². The topological polar surface area (TPSA) is 55.8 Å². The lowest BCUT2D eigenvalue weighted by Gasteiger charge is -2.41. The molecule has 0 unspecified atom stereocenters. The van der Waals surface area contributed by atoms with Gasteiger partial charge in [-0.2, -0.15) is 0 Å². The van der Waals surface area contributed by atoms with E-state index in [-0.39, 0.29) is 18.4 Å². The summed E-state index contributed by atoms with van der Waals surface area (Å²) in [5.41, 5.74) is 1.43. The molecule has 1 spiro atoms. The molecule has 0 N–H and O–H groups in total. The number of carbonyl (C=O) groups excluding carboxylic acids is 2. The fourth-order valence-electron chi connectivity index (χ4n) is 4.15. The normalized spacial score (nSPS) is 20.4. The zero-order chi connectivity index (χ0) is 16.5. The summed E-state index contributed by atoms with van der Waals surface area (Å²) in [5, 5.41) is 0. The number of hydrogen-bond donors (Lipinski definition) is 0. The van der Waals surface area contributed by atoms with Gasteiger partial charge in [-0.15, -0.1) is 0 Å². The highest BCUT2D eigenvalue weighted by Crippen LogP contribution is 2.48. The number of ether oxygens (including phenoxy) is 2. The van der Waals surface area contributed by atoms with Crippen molar-refractivity contribution >= 4 is 11.6 Å². The fraction of sp³-hybridized carbons (Fsp3) is 0.263. The van der Waals surface area contributed by atoms with Gasteiger partial charge in [0.05, 0.1) is 0 Å². The second-order valence-electron chi connectivity index (χ2n) is 6.45. The van der Waals surface area contributed by atoms with Crippen LogP contribution in [0.15, 0.2) is 36.4 Å². The molecule has 24 heavy (non-hydrogen) atoms. The number of hydrogen-bond acceptors (Lipinski definition) is 5. The van der Waals surface area contributed by atoms with Crippen LogP contribution in [0, 0.1) is 0 Å². The molecule has 2 aliphatic heterocycles. The van der Waals surface area contributed by atoms with Gasteiger partial charge >= 0.3 is 0 Å². The maximum atomic E-state index is 13.3.